The molecule has 2 N–H and O–H groups in total. The molecule has 114 valence electrons. The first-order valence-electron chi connectivity index (χ1n) is 7.98. The van der Waals surface area contributed by atoms with Crippen LogP contribution in [-0.2, 0) is 0 Å². The van der Waals surface area contributed by atoms with Gasteiger partial charge in [-0.2, -0.15) is 0 Å². The number of methoxy groups -OCH3 is 1. The molecule has 0 radical (unpaired) electrons. The number of rotatable bonds is 2. The first-order chi connectivity index (χ1) is 10.1. The predicted molar refractivity (Wildman–Crippen MR) is 81.7 cm³/mol. The maximum Gasteiger partial charge on any atom is 0.128 e. The number of nitrogens with two attached hydrogens (primary N) is 1. The molecule has 21 heavy (non-hydrogen) atoms. The summed E-state index contributed by atoms with van der Waals surface area (Å²) in [6.07, 6.45) is 4.68. The molecule has 3 aliphatic rings. The monoisotopic (exact) mass is 288 g/mol. The van der Waals surface area contributed by atoms with Crippen molar-refractivity contribution in [2.75, 3.05) is 13.7 Å². The van der Waals surface area contributed by atoms with Gasteiger partial charge in [0.15, 0.2) is 0 Å². The van der Waals surface area contributed by atoms with E-state index in [1.807, 2.05) is 18.2 Å². The van der Waals surface area contributed by atoms with Crippen LogP contribution in [0, 0.1) is 0 Å². The number of hydrogen-bond acceptors (Lipinski definition) is 4. The average molecular weight is 288 g/mol. The Morgan fingerprint density at radius 2 is 2.14 bits per heavy atom. The second kappa shape index (κ2) is 4.62. The van der Waals surface area contributed by atoms with Crippen molar-refractivity contribution in [3.63, 3.8) is 0 Å². The molecule has 2 aliphatic heterocycles. The van der Waals surface area contributed by atoms with E-state index in [1.165, 1.54) is 12.8 Å². The third-order valence-electron chi connectivity index (χ3n) is 5.26. The smallest absolute Gasteiger partial charge is 0.128 e. The molecular weight excluding hydrogens is 264 g/mol. The van der Waals surface area contributed by atoms with Crippen LogP contribution in [0.5, 0.6) is 11.5 Å². The van der Waals surface area contributed by atoms with E-state index in [-0.39, 0.29) is 11.6 Å². The molecule has 1 aromatic carbocycles. The van der Waals surface area contributed by atoms with E-state index in [4.69, 9.17) is 15.2 Å². The number of hydrogen-bond donors (Lipinski definition) is 1. The van der Waals surface area contributed by atoms with Gasteiger partial charge in [-0.15, -0.1) is 0 Å². The molecule has 0 bridgehead atoms. The van der Waals surface area contributed by atoms with Crippen LogP contribution in [0.1, 0.15) is 44.2 Å². The number of likely N-dealkylation sites (tertiary alicyclic amines) is 1. The van der Waals surface area contributed by atoms with Gasteiger partial charge in [0, 0.05) is 49.1 Å². The third-order valence-corrected chi connectivity index (χ3v) is 5.26. The number of nitrogens with zero attached hydrogens (tertiary/aromatic N) is 1. The van der Waals surface area contributed by atoms with E-state index in [0.717, 1.165) is 42.5 Å². The first-order valence-corrected chi connectivity index (χ1v) is 7.98. The summed E-state index contributed by atoms with van der Waals surface area (Å²) in [5, 5.41) is 0. The highest BCUT2D eigenvalue weighted by Gasteiger charge is 2.51. The Bertz CT molecular complexity index is 558. The van der Waals surface area contributed by atoms with Crippen molar-refractivity contribution >= 4 is 0 Å². The number of benzene rings is 1. The Labute approximate surface area is 126 Å². The summed E-state index contributed by atoms with van der Waals surface area (Å²) in [6, 6.07) is 7.44. The van der Waals surface area contributed by atoms with Crippen LogP contribution in [0.2, 0.25) is 0 Å². The van der Waals surface area contributed by atoms with Gasteiger partial charge in [0.2, 0.25) is 0 Å². The fraction of sp³-hybridized carbons (Fsp3) is 0.647. The predicted octanol–water partition coefficient (Wildman–Crippen LogP) is 2.47. The molecular formula is C17H24N2O2. The van der Waals surface area contributed by atoms with E-state index >= 15 is 0 Å². The van der Waals surface area contributed by atoms with Gasteiger partial charge in [0.1, 0.15) is 17.1 Å². The van der Waals surface area contributed by atoms with Gasteiger partial charge in [-0.1, -0.05) is 6.07 Å². The minimum Gasteiger partial charge on any atom is -0.497 e. The maximum absolute atomic E-state index is 6.47. The molecule has 1 spiro atoms. The zero-order chi connectivity index (χ0) is 14.6. The van der Waals surface area contributed by atoms with Crippen LogP contribution in [-0.4, -0.2) is 36.2 Å². The quantitative estimate of drug-likeness (QED) is 0.908. The van der Waals surface area contributed by atoms with Crippen LogP contribution < -0.4 is 15.2 Å². The van der Waals surface area contributed by atoms with Crippen molar-refractivity contribution in [1.29, 1.82) is 0 Å². The van der Waals surface area contributed by atoms with Gasteiger partial charge in [-0.25, -0.2) is 0 Å². The summed E-state index contributed by atoms with van der Waals surface area (Å²) in [7, 11) is 1.69. The molecule has 3 atom stereocenters. The highest BCUT2D eigenvalue weighted by atomic mass is 16.5. The Kier molecular flexibility index (Phi) is 2.95. The third kappa shape index (κ3) is 2.21. The minimum atomic E-state index is -0.110. The molecule has 0 amide bonds. The van der Waals surface area contributed by atoms with Crippen molar-refractivity contribution in [3.05, 3.63) is 23.8 Å². The van der Waals surface area contributed by atoms with Crippen molar-refractivity contribution in [2.24, 2.45) is 5.73 Å². The molecule has 1 saturated carbocycles. The second-order valence-electron chi connectivity index (χ2n) is 6.96. The van der Waals surface area contributed by atoms with Gasteiger partial charge in [0.05, 0.1) is 7.11 Å². The van der Waals surface area contributed by atoms with Crippen LogP contribution in [0.4, 0.5) is 0 Å². The lowest BCUT2D eigenvalue weighted by molar-refractivity contribution is 0.0431. The fourth-order valence-corrected chi connectivity index (χ4v) is 4.15. The lowest BCUT2D eigenvalue weighted by atomic mass is 9.86. The van der Waals surface area contributed by atoms with E-state index in [9.17, 15) is 0 Å². The maximum atomic E-state index is 6.47. The zero-order valence-electron chi connectivity index (χ0n) is 12.8. The molecule has 1 aliphatic carbocycles. The minimum absolute atomic E-state index is 0.0611. The number of ether oxygens (including phenoxy) is 2. The summed E-state index contributed by atoms with van der Waals surface area (Å²) in [5.41, 5.74) is 7.44. The molecule has 2 fully saturated rings. The first kappa shape index (κ1) is 13.4. The standard InChI is InChI=1S/C17H24N2O2/c1-11-8-17(10-19(11)12-3-4-12)9-15(18)14-6-5-13(20-2)7-16(14)21-17/h5-7,11-12,15H,3-4,8-10,18H2,1-2H3/t11?,15-,17?/m1/s1. The summed E-state index contributed by atoms with van der Waals surface area (Å²) >= 11 is 0. The van der Waals surface area contributed by atoms with Gasteiger partial charge in [-0.3, -0.25) is 4.90 Å². The lowest BCUT2D eigenvalue weighted by Crippen LogP contribution is -2.45. The van der Waals surface area contributed by atoms with E-state index in [1.54, 1.807) is 7.11 Å². The van der Waals surface area contributed by atoms with Gasteiger partial charge in [-0.05, 0) is 25.8 Å². The molecule has 4 nitrogen and oxygen atoms in total. The van der Waals surface area contributed by atoms with E-state index < -0.39 is 0 Å². The fourth-order valence-electron chi connectivity index (χ4n) is 4.15. The summed E-state index contributed by atoms with van der Waals surface area (Å²) in [4.78, 5) is 2.62. The van der Waals surface area contributed by atoms with Crippen LogP contribution >= 0.6 is 0 Å². The molecule has 1 aromatic rings. The van der Waals surface area contributed by atoms with Crippen molar-refractivity contribution in [3.8, 4) is 11.5 Å². The van der Waals surface area contributed by atoms with Crippen LogP contribution in [0.15, 0.2) is 18.2 Å². The highest BCUT2D eigenvalue weighted by Crippen LogP contribution is 2.47. The Hall–Kier alpha value is -1.26. The van der Waals surface area contributed by atoms with E-state index in [0.29, 0.717) is 6.04 Å². The largest absolute Gasteiger partial charge is 0.497 e. The topological polar surface area (TPSA) is 47.7 Å². The van der Waals surface area contributed by atoms with Gasteiger partial charge in [0.25, 0.3) is 0 Å². The van der Waals surface area contributed by atoms with Crippen LogP contribution in [0.3, 0.4) is 0 Å². The summed E-state index contributed by atoms with van der Waals surface area (Å²) in [6.45, 7) is 3.34. The van der Waals surface area contributed by atoms with Crippen LogP contribution in [0.25, 0.3) is 0 Å². The molecule has 2 unspecified atom stereocenters. The summed E-state index contributed by atoms with van der Waals surface area (Å²) < 4.78 is 11.8. The Morgan fingerprint density at radius 1 is 1.33 bits per heavy atom. The van der Waals surface area contributed by atoms with Crippen molar-refractivity contribution in [2.45, 2.75) is 56.3 Å². The lowest BCUT2D eigenvalue weighted by Gasteiger charge is -2.39. The molecule has 4 rings (SSSR count). The second-order valence-corrected chi connectivity index (χ2v) is 6.96. The molecule has 2 heterocycles. The van der Waals surface area contributed by atoms with Gasteiger partial charge < -0.3 is 15.2 Å². The zero-order valence-corrected chi connectivity index (χ0v) is 12.8. The van der Waals surface area contributed by atoms with E-state index in [2.05, 4.69) is 11.8 Å². The molecule has 0 aromatic heterocycles. The average Bonchev–Trinajstić information content (AvgIpc) is 3.24. The molecule has 4 heteroatoms. The van der Waals surface area contributed by atoms with Crippen molar-refractivity contribution < 1.29 is 9.47 Å². The highest BCUT2D eigenvalue weighted by molar-refractivity contribution is 5.44. The normalized spacial score (nSPS) is 35.6. The molecule has 1 saturated heterocycles. The number of fused-ring (bicyclic) bond motifs is 1. The van der Waals surface area contributed by atoms with Crippen molar-refractivity contribution in [1.82, 2.24) is 4.90 Å². The Morgan fingerprint density at radius 3 is 2.86 bits per heavy atom. The summed E-state index contributed by atoms with van der Waals surface area (Å²) in [5.74, 6) is 1.75. The Balaban J connectivity index is 1.64. The van der Waals surface area contributed by atoms with Gasteiger partial charge >= 0.3 is 0 Å². The SMILES string of the molecule is COc1ccc2c(c1)OC1(CC(C)N(C3CC3)C1)C[C@H]2N.